The largest absolute Gasteiger partial charge is 0.385 e. The maximum absolute atomic E-state index is 12.2. The Hall–Kier alpha value is -1.55. The van der Waals surface area contributed by atoms with E-state index in [1.54, 1.807) is 0 Å². The number of benzene rings is 1. The highest BCUT2D eigenvalue weighted by Crippen LogP contribution is 2.27. The maximum atomic E-state index is 12.2. The zero-order valence-electron chi connectivity index (χ0n) is 11.2. The summed E-state index contributed by atoms with van der Waals surface area (Å²) in [6.07, 6.45) is 3.08. The van der Waals surface area contributed by atoms with Gasteiger partial charge < -0.3 is 15.4 Å². The lowest BCUT2D eigenvalue weighted by molar-refractivity contribution is -0.121. The average Bonchev–Trinajstić information content (AvgIpc) is 2.85. The summed E-state index contributed by atoms with van der Waals surface area (Å²) >= 11 is 0. The summed E-state index contributed by atoms with van der Waals surface area (Å²) < 4.78 is 5.44. The number of hydrogen-bond donors (Lipinski definition) is 2. The summed E-state index contributed by atoms with van der Waals surface area (Å²) in [5, 5.41) is 6.39. The van der Waals surface area contributed by atoms with E-state index in [4.69, 9.17) is 4.74 Å². The van der Waals surface area contributed by atoms with Gasteiger partial charge in [-0.1, -0.05) is 0 Å². The highest BCUT2D eigenvalue weighted by Gasteiger charge is 2.30. The number of fused-ring (bicyclic) bond motifs is 1. The molecule has 2 aliphatic rings. The van der Waals surface area contributed by atoms with Crippen LogP contribution < -0.4 is 10.6 Å². The van der Waals surface area contributed by atoms with Gasteiger partial charge in [0, 0.05) is 24.5 Å². The van der Waals surface area contributed by atoms with Crippen LogP contribution in [0.5, 0.6) is 0 Å². The molecule has 1 saturated heterocycles. The quantitative estimate of drug-likeness (QED) is 0.858. The molecule has 102 valence electrons. The Labute approximate surface area is 113 Å². The Morgan fingerprint density at radius 3 is 3.16 bits per heavy atom. The second-order valence-corrected chi connectivity index (χ2v) is 5.36. The molecule has 1 aromatic carbocycles. The monoisotopic (exact) mass is 260 g/mol. The van der Waals surface area contributed by atoms with Crippen LogP contribution in [0.4, 0.5) is 11.4 Å². The number of carbonyl (C=O) groups excluding carboxylic acids is 1. The topological polar surface area (TPSA) is 50.4 Å². The standard InChI is InChI=1S/C15H20N2O2/c1-10-13(6-8-19-10)15(18)17-12-4-5-14-11(9-12)3-2-7-16-14/h4-5,9-10,13,16H,2-3,6-8H2,1H3,(H,17,18). The van der Waals surface area contributed by atoms with Crippen molar-refractivity contribution < 1.29 is 9.53 Å². The van der Waals surface area contributed by atoms with Gasteiger partial charge in [-0.3, -0.25) is 4.79 Å². The molecular weight excluding hydrogens is 240 g/mol. The summed E-state index contributed by atoms with van der Waals surface area (Å²) in [5.74, 6) is 0.0582. The molecule has 1 aromatic rings. The van der Waals surface area contributed by atoms with Crippen molar-refractivity contribution in [2.75, 3.05) is 23.8 Å². The van der Waals surface area contributed by atoms with Crippen LogP contribution in [0.2, 0.25) is 0 Å². The Bertz CT molecular complexity index is 487. The number of nitrogens with one attached hydrogen (secondary N) is 2. The molecule has 2 unspecified atom stereocenters. The van der Waals surface area contributed by atoms with Crippen molar-refractivity contribution in [2.45, 2.75) is 32.3 Å². The highest BCUT2D eigenvalue weighted by atomic mass is 16.5. The molecule has 0 spiro atoms. The summed E-state index contributed by atoms with van der Waals surface area (Å²) in [6.45, 7) is 3.69. The van der Waals surface area contributed by atoms with E-state index in [-0.39, 0.29) is 17.9 Å². The molecule has 4 nitrogen and oxygen atoms in total. The molecule has 2 N–H and O–H groups in total. The molecule has 0 aliphatic carbocycles. The number of hydrogen-bond acceptors (Lipinski definition) is 3. The van der Waals surface area contributed by atoms with Crippen LogP contribution in [-0.4, -0.2) is 25.2 Å². The van der Waals surface area contributed by atoms with Gasteiger partial charge in [0.05, 0.1) is 12.0 Å². The van der Waals surface area contributed by atoms with E-state index < -0.39 is 0 Å². The van der Waals surface area contributed by atoms with Gasteiger partial charge in [0.1, 0.15) is 0 Å². The molecule has 2 atom stereocenters. The van der Waals surface area contributed by atoms with Crippen molar-refractivity contribution in [1.82, 2.24) is 0 Å². The van der Waals surface area contributed by atoms with Crippen LogP contribution in [0.3, 0.4) is 0 Å². The molecule has 0 radical (unpaired) electrons. The van der Waals surface area contributed by atoms with Gasteiger partial charge in [0.15, 0.2) is 0 Å². The molecule has 2 aliphatic heterocycles. The van der Waals surface area contributed by atoms with Crippen LogP contribution >= 0.6 is 0 Å². The van der Waals surface area contributed by atoms with Gasteiger partial charge in [-0.2, -0.15) is 0 Å². The van der Waals surface area contributed by atoms with E-state index in [0.29, 0.717) is 6.61 Å². The minimum Gasteiger partial charge on any atom is -0.385 e. The van der Waals surface area contributed by atoms with E-state index in [1.807, 2.05) is 13.0 Å². The number of carbonyl (C=O) groups is 1. The van der Waals surface area contributed by atoms with Gasteiger partial charge in [-0.05, 0) is 49.9 Å². The first kappa shape index (κ1) is 12.5. The molecule has 3 rings (SSSR count). The number of rotatable bonds is 2. The van der Waals surface area contributed by atoms with Gasteiger partial charge >= 0.3 is 0 Å². The van der Waals surface area contributed by atoms with Crippen molar-refractivity contribution in [3.63, 3.8) is 0 Å². The summed E-state index contributed by atoms with van der Waals surface area (Å²) in [4.78, 5) is 12.2. The molecular formula is C15H20N2O2. The minimum atomic E-state index is -0.0193. The smallest absolute Gasteiger partial charge is 0.230 e. The molecule has 0 bridgehead atoms. The summed E-state index contributed by atoms with van der Waals surface area (Å²) in [6, 6.07) is 6.11. The molecule has 4 heteroatoms. The third-order valence-electron chi connectivity index (χ3n) is 4.02. The molecule has 0 aromatic heterocycles. The SMILES string of the molecule is CC1OCCC1C(=O)Nc1ccc2c(c1)CCCN2. The van der Waals surface area contributed by atoms with Crippen LogP contribution in [0.15, 0.2) is 18.2 Å². The van der Waals surface area contributed by atoms with Crippen molar-refractivity contribution in [3.05, 3.63) is 23.8 Å². The molecule has 0 saturated carbocycles. The van der Waals surface area contributed by atoms with E-state index in [1.165, 1.54) is 11.3 Å². The predicted octanol–water partition coefficient (Wildman–Crippen LogP) is 2.41. The lowest BCUT2D eigenvalue weighted by Gasteiger charge is -2.19. The highest BCUT2D eigenvalue weighted by molar-refractivity contribution is 5.93. The lowest BCUT2D eigenvalue weighted by atomic mass is 10.0. The number of anilines is 2. The third kappa shape index (κ3) is 2.59. The third-order valence-corrected chi connectivity index (χ3v) is 4.02. The summed E-state index contributed by atoms with van der Waals surface area (Å²) in [5.41, 5.74) is 3.38. The van der Waals surface area contributed by atoms with Crippen LogP contribution in [0.25, 0.3) is 0 Å². The predicted molar refractivity (Wildman–Crippen MR) is 75.4 cm³/mol. The van der Waals surface area contributed by atoms with Crippen molar-refractivity contribution in [2.24, 2.45) is 5.92 Å². The van der Waals surface area contributed by atoms with Gasteiger partial charge in [0.25, 0.3) is 0 Å². The second kappa shape index (κ2) is 5.21. The van der Waals surface area contributed by atoms with Crippen LogP contribution in [0, 0.1) is 5.92 Å². The van der Waals surface area contributed by atoms with Crippen LogP contribution in [-0.2, 0) is 16.0 Å². The fourth-order valence-electron chi connectivity index (χ4n) is 2.86. The Morgan fingerprint density at radius 1 is 1.47 bits per heavy atom. The summed E-state index contributed by atoms with van der Waals surface area (Å²) in [7, 11) is 0. The number of ether oxygens (including phenoxy) is 1. The fraction of sp³-hybridized carbons (Fsp3) is 0.533. The van der Waals surface area contributed by atoms with E-state index in [0.717, 1.165) is 31.5 Å². The lowest BCUT2D eigenvalue weighted by Crippen LogP contribution is -2.27. The van der Waals surface area contributed by atoms with E-state index in [2.05, 4.69) is 22.8 Å². The number of amides is 1. The van der Waals surface area contributed by atoms with Crippen molar-refractivity contribution in [3.8, 4) is 0 Å². The average molecular weight is 260 g/mol. The van der Waals surface area contributed by atoms with Crippen LogP contribution in [0.1, 0.15) is 25.3 Å². The Kier molecular flexibility index (Phi) is 3.42. The van der Waals surface area contributed by atoms with Crippen molar-refractivity contribution >= 4 is 17.3 Å². The fourth-order valence-corrected chi connectivity index (χ4v) is 2.86. The van der Waals surface area contributed by atoms with E-state index in [9.17, 15) is 4.79 Å². The first-order valence-corrected chi connectivity index (χ1v) is 7.03. The maximum Gasteiger partial charge on any atom is 0.230 e. The van der Waals surface area contributed by atoms with E-state index >= 15 is 0 Å². The second-order valence-electron chi connectivity index (χ2n) is 5.36. The molecule has 1 fully saturated rings. The number of aryl methyl sites for hydroxylation is 1. The minimum absolute atomic E-state index is 0.0193. The van der Waals surface area contributed by atoms with Gasteiger partial charge in [0.2, 0.25) is 5.91 Å². The molecule has 2 heterocycles. The Balaban J connectivity index is 1.71. The zero-order chi connectivity index (χ0) is 13.2. The molecule has 19 heavy (non-hydrogen) atoms. The zero-order valence-corrected chi connectivity index (χ0v) is 11.2. The first-order valence-electron chi connectivity index (χ1n) is 7.03. The van der Waals surface area contributed by atoms with Gasteiger partial charge in [-0.25, -0.2) is 0 Å². The van der Waals surface area contributed by atoms with Gasteiger partial charge in [-0.15, -0.1) is 0 Å². The molecule has 1 amide bonds. The normalized spacial score (nSPS) is 25.5. The first-order chi connectivity index (χ1) is 9.24. The van der Waals surface area contributed by atoms with Crippen molar-refractivity contribution in [1.29, 1.82) is 0 Å². The Morgan fingerprint density at radius 2 is 2.37 bits per heavy atom.